The van der Waals surface area contributed by atoms with Gasteiger partial charge in [-0.25, -0.2) is 0 Å². The smallest absolute Gasteiger partial charge is 0.0163 e. The van der Waals surface area contributed by atoms with Gasteiger partial charge < -0.3 is 0 Å². The van der Waals surface area contributed by atoms with E-state index in [0.717, 1.165) is 5.75 Å². The van der Waals surface area contributed by atoms with Crippen molar-refractivity contribution in [3.05, 3.63) is 65.3 Å². The Morgan fingerprint density at radius 1 is 0.792 bits per heavy atom. The lowest BCUT2D eigenvalue weighted by Crippen LogP contribution is -1.82. The van der Waals surface area contributed by atoms with E-state index in [4.69, 9.17) is 0 Å². The van der Waals surface area contributed by atoms with E-state index in [2.05, 4.69) is 76.3 Å². The highest BCUT2D eigenvalue weighted by Crippen LogP contribution is 2.18. The van der Waals surface area contributed by atoms with E-state index in [1.54, 1.807) is 0 Å². The number of hydrogen-bond donors (Lipinski definition) is 0. The number of rotatable bonds is 9. The molecule has 0 saturated carbocycles. The van der Waals surface area contributed by atoms with Crippen LogP contribution >= 0.6 is 11.8 Å². The summed E-state index contributed by atoms with van der Waals surface area (Å²) < 4.78 is 0. The molecule has 0 spiro atoms. The van der Waals surface area contributed by atoms with Crippen molar-refractivity contribution >= 4 is 11.8 Å². The highest BCUT2D eigenvalue weighted by atomic mass is 32.2. The third-order valence-corrected chi connectivity index (χ3v) is 4.49. The minimum absolute atomic E-state index is 1.07. The summed E-state index contributed by atoms with van der Waals surface area (Å²) >= 11 is 1.90. The van der Waals surface area contributed by atoms with Crippen LogP contribution in [0, 0.1) is 0 Å². The molecule has 0 aliphatic heterocycles. The predicted molar refractivity (Wildman–Crippen MR) is 114 cm³/mol. The van der Waals surface area contributed by atoms with Crippen molar-refractivity contribution in [1.29, 1.82) is 0 Å². The van der Waals surface area contributed by atoms with Crippen molar-refractivity contribution in [2.24, 2.45) is 0 Å². The normalized spacial score (nSPS) is 11.6. The molecular formula is C23H36S. The molecule has 0 atom stereocenters. The molecule has 24 heavy (non-hydrogen) atoms. The molecule has 0 aliphatic rings. The molecule has 0 radical (unpaired) electrons. The summed E-state index contributed by atoms with van der Waals surface area (Å²) in [6.07, 6.45) is 11.8. The number of allylic oxidation sites excluding steroid dienone is 5. The first kappa shape index (κ1) is 22.8. The average molecular weight is 345 g/mol. The maximum atomic E-state index is 2.40. The molecule has 1 aromatic carbocycles. The molecule has 134 valence electrons. The Kier molecular flexibility index (Phi) is 14.6. The van der Waals surface area contributed by atoms with Crippen LogP contribution < -0.4 is 0 Å². The van der Waals surface area contributed by atoms with Crippen LogP contribution in [0.4, 0.5) is 0 Å². The highest BCUT2D eigenvalue weighted by Gasteiger charge is 1.93. The van der Waals surface area contributed by atoms with Crippen molar-refractivity contribution in [3.8, 4) is 0 Å². The summed E-state index contributed by atoms with van der Waals surface area (Å²) in [4.78, 5) is 1.35. The van der Waals surface area contributed by atoms with Crippen LogP contribution in [0.2, 0.25) is 0 Å². The van der Waals surface area contributed by atoms with Crippen LogP contribution in [0.3, 0.4) is 0 Å². The second-order valence-corrected chi connectivity index (χ2v) is 7.18. The van der Waals surface area contributed by atoms with E-state index < -0.39 is 0 Å². The van der Waals surface area contributed by atoms with Crippen molar-refractivity contribution < 1.29 is 0 Å². The standard InChI is InChI=1S/C21H30S.C2H6/c1-18(2)10-8-11-19(3)12-9-13-20(4)16-17-22-21-14-6-5-7-15-21;1-2/h5-7,10,12,14-16H,8-9,11,13,17H2,1-4H3;1-2H3/b19-12+,20-16+;. The summed E-state index contributed by atoms with van der Waals surface area (Å²) in [6, 6.07) is 10.6. The van der Waals surface area contributed by atoms with Gasteiger partial charge in [0.05, 0.1) is 0 Å². The fraction of sp³-hybridized carbons (Fsp3) is 0.478. The van der Waals surface area contributed by atoms with Gasteiger partial charge in [-0.3, -0.25) is 0 Å². The SMILES string of the molecule is CC.CC(C)=CCC/C(C)=C/CC/C(C)=C/CSc1ccccc1. The van der Waals surface area contributed by atoms with E-state index in [1.165, 1.54) is 47.3 Å². The van der Waals surface area contributed by atoms with Crippen LogP contribution in [0.1, 0.15) is 67.2 Å². The first-order chi connectivity index (χ1) is 11.6. The Bertz CT molecular complexity index is 502. The molecule has 1 heteroatoms. The van der Waals surface area contributed by atoms with Crippen LogP contribution in [0.15, 0.2) is 70.2 Å². The van der Waals surface area contributed by atoms with Crippen molar-refractivity contribution in [1.82, 2.24) is 0 Å². The summed E-state index contributed by atoms with van der Waals surface area (Å²) in [5.41, 5.74) is 4.43. The van der Waals surface area contributed by atoms with Gasteiger partial charge >= 0.3 is 0 Å². The Labute approximate surface area is 155 Å². The van der Waals surface area contributed by atoms with Gasteiger partial charge in [-0.2, -0.15) is 0 Å². The minimum atomic E-state index is 1.07. The van der Waals surface area contributed by atoms with E-state index in [-0.39, 0.29) is 0 Å². The van der Waals surface area contributed by atoms with Crippen molar-refractivity contribution in [2.45, 2.75) is 72.1 Å². The summed E-state index contributed by atoms with van der Waals surface area (Å²) in [7, 11) is 0. The Morgan fingerprint density at radius 2 is 1.33 bits per heavy atom. The molecule has 0 aliphatic carbocycles. The van der Waals surface area contributed by atoms with E-state index in [1.807, 2.05) is 25.6 Å². The van der Waals surface area contributed by atoms with Gasteiger partial charge in [0.25, 0.3) is 0 Å². The number of benzene rings is 1. The van der Waals surface area contributed by atoms with Crippen LogP contribution in [-0.2, 0) is 0 Å². The number of hydrogen-bond acceptors (Lipinski definition) is 1. The number of thioether (sulfide) groups is 1. The Balaban J connectivity index is 0.00000254. The van der Waals surface area contributed by atoms with E-state index >= 15 is 0 Å². The quantitative estimate of drug-likeness (QED) is 0.321. The fourth-order valence-electron chi connectivity index (χ4n) is 2.14. The van der Waals surface area contributed by atoms with Gasteiger partial charge in [0.15, 0.2) is 0 Å². The lowest BCUT2D eigenvalue weighted by Gasteiger charge is -2.02. The van der Waals surface area contributed by atoms with Gasteiger partial charge in [-0.15, -0.1) is 11.8 Å². The monoisotopic (exact) mass is 344 g/mol. The predicted octanol–water partition coefficient (Wildman–Crippen LogP) is 8.22. The second kappa shape index (κ2) is 15.3. The van der Waals surface area contributed by atoms with Gasteiger partial charge in [0.2, 0.25) is 0 Å². The zero-order valence-corrected chi connectivity index (χ0v) is 17.4. The van der Waals surface area contributed by atoms with Crippen LogP contribution in [0.5, 0.6) is 0 Å². The highest BCUT2D eigenvalue weighted by molar-refractivity contribution is 7.99. The molecule has 0 bridgehead atoms. The molecule has 1 rings (SSSR count). The zero-order chi connectivity index (χ0) is 18.2. The zero-order valence-electron chi connectivity index (χ0n) is 16.6. The lowest BCUT2D eigenvalue weighted by atomic mass is 10.1. The molecule has 0 unspecified atom stereocenters. The van der Waals surface area contributed by atoms with Gasteiger partial charge in [0.1, 0.15) is 0 Å². The topological polar surface area (TPSA) is 0 Å². The van der Waals surface area contributed by atoms with Gasteiger partial charge in [0, 0.05) is 10.6 Å². The molecule has 0 fully saturated rings. The maximum Gasteiger partial charge on any atom is 0.0163 e. The first-order valence-electron chi connectivity index (χ1n) is 9.20. The third kappa shape index (κ3) is 13.2. The van der Waals surface area contributed by atoms with Gasteiger partial charge in [-0.05, 0) is 65.5 Å². The molecule has 0 heterocycles. The van der Waals surface area contributed by atoms with E-state index in [9.17, 15) is 0 Å². The summed E-state index contributed by atoms with van der Waals surface area (Å²) in [5, 5.41) is 0. The Hall–Kier alpha value is -1.21. The first-order valence-corrected chi connectivity index (χ1v) is 10.2. The molecule has 0 saturated heterocycles. The minimum Gasteiger partial charge on any atom is -0.122 e. The molecule has 1 aromatic rings. The molecule has 0 aromatic heterocycles. The largest absolute Gasteiger partial charge is 0.122 e. The molecule has 0 amide bonds. The molecular weight excluding hydrogens is 308 g/mol. The summed E-state index contributed by atoms with van der Waals surface area (Å²) in [6.45, 7) is 12.8. The fourth-order valence-corrected chi connectivity index (χ4v) is 3.05. The molecule has 0 N–H and O–H groups in total. The van der Waals surface area contributed by atoms with Crippen molar-refractivity contribution in [3.63, 3.8) is 0 Å². The van der Waals surface area contributed by atoms with E-state index in [0.29, 0.717) is 0 Å². The van der Waals surface area contributed by atoms with Crippen LogP contribution in [0.25, 0.3) is 0 Å². The van der Waals surface area contributed by atoms with Crippen molar-refractivity contribution in [2.75, 3.05) is 5.75 Å². The van der Waals surface area contributed by atoms with Gasteiger partial charge in [-0.1, -0.05) is 67.0 Å². The molecule has 0 nitrogen and oxygen atoms in total. The summed E-state index contributed by atoms with van der Waals surface area (Å²) in [5.74, 6) is 1.07. The second-order valence-electron chi connectivity index (χ2n) is 6.08. The average Bonchev–Trinajstić information content (AvgIpc) is 2.57. The third-order valence-electron chi connectivity index (χ3n) is 3.55. The lowest BCUT2D eigenvalue weighted by molar-refractivity contribution is 0.917. The Morgan fingerprint density at radius 3 is 1.92 bits per heavy atom. The maximum absolute atomic E-state index is 2.40. The van der Waals surface area contributed by atoms with Crippen LogP contribution in [-0.4, -0.2) is 5.75 Å².